The van der Waals surface area contributed by atoms with E-state index in [-0.39, 0.29) is 11.8 Å². The third-order valence-corrected chi connectivity index (χ3v) is 6.40. The second-order valence-electron chi connectivity index (χ2n) is 8.27. The molecule has 2 aliphatic rings. The first-order valence-corrected chi connectivity index (χ1v) is 10.6. The van der Waals surface area contributed by atoms with Gasteiger partial charge in [0, 0.05) is 50.2 Å². The maximum Gasteiger partial charge on any atom is 0.253 e. The van der Waals surface area contributed by atoms with Crippen molar-refractivity contribution in [1.82, 2.24) is 30.2 Å². The van der Waals surface area contributed by atoms with Crippen molar-refractivity contribution in [2.24, 2.45) is 11.8 Å². The van der Waals surface area contributed by atoms with Crippen LogP contribution in [0.2, 0.25) is 0 Å². The van der Waals surface area contributed by atoms with Crippen molar-refractivity contribution in [3.63, 3.8) is 0 Å². The van der Waals surface area contributed by atoms with Crippen LogP contribution >= 0.6 is 0 Å². The molecule has 2 saturated heterocycles. The molecule has 5 rings (SSSR count). The molecule has 2 amide bonds. The van der Waals surface area contributed by atoms with Crippen molar-refractivity contribution in [3.05, 3.63) is 59.9 Å². The van der Waals surface area contributed by atoms with E-state index in [0.717, 1.165) is 50.1 Å². The first kappa shape index (κ1) is 19.4. The summed E-state index contributed by atoms with van der Waals surface area (Å²) in [5.41, 5.74) is 3.07. The maximum absolute atomic E-state index is 13.0. The number of nitrogens with zero attached hydrogens (tertiary/aromatic N) is 5. The van der Waals surface area contributed by atoms with E-state index in [9.17, 15) is 9.59 Å². The highest BCUT2D eigenvalue weighted by Crippen LogP contribution is 2.33. The predicted molar refractivity (Wildman–Crippen MR) is 116 cm³/mol. The molecule has 158 valence electrons. The Morgan fingerprint density at radius 1 is 0.935 bits per heavy atom. The lowest BCUT2D eigenvalue weighted by atomic mass is 9.92. The van der Waals surface area contributed by atoms with E-state index in [1.54, 1.807) is 24.5 Å². The fraction of sp³-hybridized carbons (Fsp3) is 0.348. The van der Waals surface area contributed by atoms with Crippen LogP contribution < -0.4 is 0 Å². The molecule has 0 bridgehead atoms. The van der Waals surface area contributed by atoms with Crippen LogP contribution in [0, 0.1) is 11.8 Å². The molecule has 1 aromatic carbocycles. The van der Waals surface area contributed by atoms with Gasteiger partial charge in [-0.05, 0) is 66.6 Å². The molecule has 2 fully saturated rings. The highest BCUT2D eigenvalue weighted by atomic mass is 16.2. The average Bonchev–Trinajstić information content (AvgIpc) is 3.39. The van der Waals surface area contributed by atoms with Gasteiger partial charge in [0.25, 0.3) is 5.91 Å². The molecular weight excluding hydrogens is 392 g/mol. The molecule has 0 saturated carbocycles. The molecule has 0 radical (unpaired) electrons. The van der Waals surface area contributed by atoms with Crippen molar-refractivity contribution in [2.45, 2.75) is 12.8 Å². The first-order chi connectivity index (χ1) is 15.2. The van der Waals surface area contributed by atoms with Gasteiger partial charge >= 0.3 is 0 Å². The van der Waals surface area contributed by atoms with E-state index in [1.807, 2.05) is 40.1 Å². The Bertz CT molecular complexity index is 1110. The molecule has 2 atom stereocenters. The van der Waals surface area contributed by atoms with E-state index in [2.05, 4.69) is 20.4 Å². The predicted octanol–water partition coefficient (Wildman–Crippen LogP) is 2.38. The Hall–Kier alpha value is -3.55. The number of rotatable bonds is 3. The zero-order chi connectivity index (χ0) is 21.2. The molecule has 8 heteroatoms. The van der Waals surface area contributed by atoms with Gasteiger partial charge in [0.15, 0.2) is 0 Å². The van der Waals surface area contributed by atoms with E-state index < -0.39 is 0 Å². The van der Waals surface area contributed by atoms with Crippen molar-refractivity contribution >= 4 is 28.9 Å². The van der Waals surface area contributed by atoms with E-state index >= 15 is 0 Å². The Morgan fingerprint density at radius 2 is 1.65 bits per heavy atom. The van der Waals surface area contributed by atoms with E-state index in [0.29, 0.717) is 22.9 Å². The van der Waals surface area contributed by atoms with Gasteiger partial charge < -0.3 is 9.80 Å². The normalized spacial score (nSPS) is 21.4. The van der Waals surface area contributed by atoms with E-state index in [1.165, 1.54) is 0 Å². The highest BCUT2D eigenvalue weighted by Gasteiger charge is 2.37. The van der Waals surface area contributed by atoms with Crippen molar-refractivity contribution < 1.29 is 9.59 Å². The van der Waals surface area contributed by atoms with Crippen molar-refractivity contribution in [2.75, 3.05) is 26.2 Å². The first-order valence-electron chi connectivity index (χ1n) is 10.6. The zero-order valence-corrected chi connectivity index (χ0v) is 17.1. The van der Waals surface area contributed by atoms with Crippen LogP contribution in [0.4, 0.5) is 0 Å². The molecule has 1 N–H and O–H groups in total. The number of benzene rings is 1. The summed E-state index contributed by atoms with van der Waals surface area (Å²) in [5.74, 6) is 0.959. The number of pyridine rings is 1. The zero-order valence-electron chi connectivity index (χ0n) is 17.1. The summed E-state index contributed by atoms with van der Waals surface area (Å²) in [5, 5.41) is 10.7. The van der Waals surface area contributed by atoms with Gasteiger partial charge in [-0.1, -0.05) is 0 Å². The number of nitrogens with one attached hydrogen (secondary N) is 1. The Balaban J connectivity index is 1.19. The maximum atomic E-state index is 13.0. The smallest absolute Gasteiger partial charge is 0.253 e. The summed E-state index contributed by atoms with van der Waals surface area (Å²) in [6.45, 7) is 2.95. The van der Waals surface area contributed by atoms with Crippen LogP contribution in [0.15, 0.2) is 48.8 Å². The quantitative estimate of drug-likeness (QED) is 0.662. The second kappa shape index (κ2) is 8.29. The number of H-pyrrole nitrogens is 1. The van der Waals surface area contributed by atoms with Gasteiger partial charge in [0.2, 0.25) is 5.91 Å². The third kappa shape index (κ3) is 4.05. The number of carbonyl (C=O) groups is 2. The van der Waals surface area contributed by atoms with Gasteiger partial charge in [-0.25, -0.2) is 0 Å². The minimum atomic E-state index is 0.0469. The molecule has 31 heavy (non-hydrogen) atoms. The molecular formula is C23H24N6O2. The Morgan fingerprint density at radius 3 is 2.39 bits per heavy atom. The SMILES string of the molecule is O=C(C=Cc1ccncc1)N1CC[C@@H]2CN(C(=O)c3ccc4n[nH]nc4c3)C[C@@H]2CC1. The van der Waals surface area contributed by atoms with Crippen LogP contribution in [0.3, 0.4) is 0 Å². The van der Waals surface area contributed by atoms with Gasteiger partial charge in [-0.15, -0.1) is 0 Å². The minimum Gasteiger partial charge on any atom is -0.339 e. The highest BCUT2D eigenvalue weighted by molar-refractivity contribution is 5.97. The number of hydrogen-bond donors (Lipinski definition) is 1. The summed E-state index contributed by atoms with van der Waals surface area (Å²) in [7, 11) is 0. The van der Waals surface area contributed by atoms with Crippen LogP contribution in [0.25, 0.3) is 17.1 Å². The van der Waals surface area contributed by atoms with Crippen LogP contribution in [0.5, 0.6) is 0 Å². The minimum absolute atomic E-state index is 0.0469. The summed E-state index contributed by atoms with van der Waals surface area (Å²) >= 11 is 0. The molecule has 0 aliphatic carbocycles. The molecule has 2 aromatic heterocycles. The largest absolute Gasteiger partial charge is 0.339 e. The lowest BCUT2D eigenvalue weighted by Gasteiger charge is -2.21. The number of hydrogen-bond acceptors (Lipinski definition) is 5. The number of likely N-dealkylation sites (tertiary alicyclic amines) is 2. The molecule has 8 nitrogen and oxygen atoms in total. The Labute approximate surface area is 179 Å². The number of aromatic amines is 1. The van der Waals surface area contributed by atoms with Crippen LogP contribution in [-0.2, 0) is 4.79 Å². The lowest BCUT2D eigenvalue weighted by Crippen LogP contribution is -2.33. The molecule has 4 heterocycles. The Kier molecular flexibility index (Phi) is 5.19. The lowest BCUT2D eigenvalue weighted by molar-refractivity contribution is -0.126. The number of carbonyl (C=O) groups excluding carboxylic acids is 2. The monoisotopic (exact) mass is 416 g/mol. The van der Waals surface area contributed by atoms with E-state index in [4.69, 9.17) is 0 Å². The summed E-state index contributed by atoms with van der Waals surface area (Å²) in [6, 6.07) is 9.19. The third-order valence-electron chi connectivity index (χ3n) is 6.40. The van der Waals surface area contributed by atoms with Crippen LogP contribution in [0.1, 0.15) is 28.8 Å². The molecule has 2 aliphatic heterocycles. The molecule has 3 aromatic rings. The van der Waals surface area contributed by atoms with Crippen molar-refractivity contribution in [3.8, 4) is 0 Å². The summed E-state index contributed by atoms with van der Waals surface area (Å²) < 4.78 is 0. The molecule has 0 spiro atoms. The van der Waals surface area contributed by atoms with Gasteiger partial charge in [-0.3, -0.25) is 14.6 Å². The second-order valence-corrected chi connectivity index (χ2v) is 8.27. The molecule has 0 unspecified atom stereocenters. The number of fused-ring (bicyclic) bond motifs is 2. The van der Waals surface area contributed by atoms with Gasteiger partial charge in [0.05, 0.1) is 0 Å². The standard InChI is InChI=1S/C23H24N6O2/c30-22(4-1-16-5-9-24-10-6-16)28-11-7-18-14-29(15-19(18)8-12-28)23(31)17-2-3-20-21(13-17)26-27-25-20/h1-6,9-10,13,18-19H,7-8,11-12,14-15H2,(H,25,26,27)/t18-,19+. The van der Waals surface area contributed by atoms with Gasteiger partial charge in [-0.2, -0.15) is 15.4 Å². The summed E-state index contributed by atoms with van der Waals surface area (Å²) in [4.78, 5) is 33.5. The van der Waals surface area contributed by atoms with Gasteiger partial charge in [0.1, 0.15) is 11.0 Å². The fourth-order valence-electron chi connectivity index (χ4n) is 4.64. The van der Waals surface area contributed by atoms with Crippen molar-refractivity contribution in [1.29, 1.82) is 0 Å². The topological polar surface area (TPSA) is 95.1 Å². The summed E-state index contributed by atoms with van der Waals surface area (Å²) in [6.07, 6.45) is 8.76. The average molecular weight is 416 g/mol. The number of amides is 2. The fourth-order valence-corrected chi connectivity index (χ4v) is 4.64. The number of aromatic nitrogens is 4. The van der Waals surface area contributed by atoms with Crippen LogP contribution in [-0.4, -0.2) is 68.2 Å².